The zero-order valence-electron chi connectivity index (χ0n) is 11.8. The van der Waals surface area contributed by atoms with Gasteiger partial charge in [-0.05, 0) is 12.5 Å². The van der Waals surface area contributed by atoms with Crippen LogP contribution in [0.5, 0.6) is 0 Å². The van der Waals surface area contributed by atoms with Gasteiger partial charge in [-0.1, -0.05) is 11.6 Å². The van der Waals surface area contributed by atoms with Crippen molar-refractivity contribution in [2.45, 2.75) is 12.5 Å². The summed E-state index contributed by atoms with van der Waals surface area (Å²) >= 11 is 5.93. The highest BCUT2D eigenvalue weighted by Crippen LogP contribution is 2.21. The van der Waals surface area contributed by atoms with E-state index >= 15 is 0 Å². The average molecular weight is 311 g/mol. The van der Waals surface area contributed by atoms with Crippen molar-refractivity contribution >= 4 is 23.3 Å². The van der Waals surface area contributed by atoms with Gasteiger partial charge in [0.1, 0.15) is 5.82 Å². The molecule has 0 bridgehead atoms. The van der Waals surface area contributed by atoms with Gasteiger partial charge in [0.25, 0.3) is 5.91 Å². The molecule has 114 valence electrons. The molecule has 0 radical (unpaired) electrons. The number of carbonyl (C=O) groups is 1. The van der Waals surface area contributed by atoms with Gasteiger partial charge in [-0.3, -0.25) is 9.69 Å². The Labute approximate surface area is 128 Å². The Hall–Kier alpha value is -1.37. The largest absolute Gasteiger partial charge is 0.382 e. The number of likely N-dealkylation sites (tertiary alicyclic amines) is 1. The molecule has 3 rings (SSSR count). The maximum atomic E-state index is 12.5. The van der Waals surface area contributed by atoms with Crippen LogP contribution in [0, 0.1) is 0 Å². The highest BCUT2D eigenvalue weighted by molar-refractivity contribution is 6.33. The lowest BCUT2D eigenvalue weighted by Crippen LogP contribution is -2.45. The molecule has 0 aliphatic carbocycles. The first-order chi connectivity index (χ1) is 10.1. The summed E-state index contributed by atoms with van der Waals surface area (Å²) in [4.78, 5) is 20.7. The predicted octanol–water partition coefficient (Wildman–Crippen LogP) is 0.864. The van der Waals surface area contributed by atoms with Crippen LogP contribution in [0.3, 0.4) is 0 Å². The smallest absolute Gasteiger partial charge is 0.255 e. The van der Waals surface area contributed by atoms with Crippen molar-refractivity contribution in [2.24, 2.45) is 0 Å². The van der Waals surface area contributed by atoms with Crippen LogP contribution < -0.4 is 5.73 Å². The van der Waals surface area contributed by atoms with Crippen LogP contribution in [-0.4, -0.2) is 66.1 Å². The quantitative estimate of drug-likeness (QED) is 0.877. The van der Waals surface area contributed by atoms with Crippen molar-refractivity contribution in [1.29, 1.82) is 0 Å². The molecule has 1 aromatic rings. The summed E-state index contributed by atoms with van der Waals surface area (Å²) < 4.78 is 5.37. The first-order valence-corrected chi connectivity index (χ1v) is 7.55. The second-order valence-electron chi connectivity index (χ2n) is 5.43. The highest BCUT2D eigenvalue weighted by atomic mass is 35.5. The Morgan fingerprint density at radius 1 is 1.38 bits per heavy atom. The molecule has 2 N–H and O–H groups in total. The van der Waals surface area contributed by atoms with Gasteiger partial charge in [0.05, 0.1) is 23.8 Å². The zero-order chi connectivity index (χ0) is 14.8. The van der Waals surface area contributed by atoms with Crippen molar-refractivity contribution < 1.29 is 9.53 Å². The average Bonchev–Trinajstić information content (AvgIpc) is 3.00. The number of aromatic nitrogens is 1. The molecule has 1 atom stereocenters. The lowest BCUT2D eigenvalue weighted by Gasteiger charge is -2.32. The van der Waals surface area contributed by atoms with Gasteiger partial charge in [0.2, 0.25) is 0 Å². The number of nitrogens with zero attached hydrogens (tertiary/aromatic N) is 3. The number of nitrogen functional groups attached to an aromatic ring is 1. The topological polar surface area (TPSA) is 71.7 Å². The van der Waals surface area contributed by atoms with Gasteiger partial charge in [0, 0.05) is 38.4 Å². The predicted molar refractivity (Wildman–Crippen MR) is 80.4 cm³/mol. The van der Waals surface area contributed by atoms with E-state index in [4.69, 9.17) is 22.1 Å². The Kier molecular flexibility index (Phi) is 4.28. The molecule has 2 aliphatic rings. The summed E-state index contributed by atoms with van der Waals surface area (Å²) in [6, 6.07) is 2.02. The number of pyridine rings is 1. The normalized spacial score (nSPS) is 23.5. The molecule has 1 unspecified atom stereocenters. The summed E-state index contributed by atoms with van der Waals surface area (Å²) in [5.41, 5.74) is 6.07. The Bertz CT molecular complexity index is 534. The lowest BCUT2D eigenvalue weighted by atomic mass is 10.2. The van der Waals surface area contributed by atoms with Gasteiger partial charge in [-0.25, -0.2) is 4.98 Å². The summed E-state index contributed by atoms with van der Waals surface area (Å²) in [5, 5.41) is 0.324. The molecule has 2 aliphatic heterocycles. The molecule has 3 heterocycles. The standard InChI is InChI=1S/C14H19ClN4O2/c15-12-7-10(8-17-13(12)16)14(20)19-2-1-11(9-19)18-3-5-21-6-4-18/h7-8,11H,1-6,9H2,(H2,16,17). The van der Waals surface area contributed by atoms with E-state index in [0.717, 1.165) is 45.8 Å². The fraction of sp³-hybridized carbons (Fsp3) is 0.571. The van der Waals surface area contributed by atoms with Crippen LogP contribution in [0.1, 0.15) is 16.8 Å². The van der Waals surface area contributed by atoms with E-state index in [0.29, 0.717) is 16.6 Å². The third-order valence-electron chi connectivity index (χ3n) is 4.13. The molecule has 1 aromatic heterocycles. The van der Waals surface area contributed by atoms with E-state index < -0.39 is 0 Å². The van der Waals surface area contributed by atoms with Crippen molar-refractivity contribution in [3.05, 3.63) is 22.8 Å². The number of amides is 1. The molecule has 0 aromatic carbocycles. The molecule has 21 heavy (non-hydrogen) atoms. The maximum Gasteiger partial charge on any atom is 0.255 e. The van der Waals surface area contributed by atoms with Gasteiger partial charge in [0.15, 0.2) is 0 Å². The Morgan fingerprint density at radius 3 is 2.86 bits per heavy atom. The fourth-order valence-corrected chi connectivity index (χ4v) is 3.08. The number of halogens is 1. The number of nitrogens with two attached hydrogens (primary N) is 1. The number of carbonyl (C=O) groups excluding carboxylic acids is 1. The molecule has 6 nitrogen and oxygen atoms in total. The zero-order valence-corrected chi connectivity index (χ0v) is 12.6. The van der Waals surface area contributed by atoms with E-state index in [1.165, 1.54) is 6.20 Å². The number of morpholine rings is 1. The first kappa shape index (κ1) is 14.6. The van der Waals surface area contributed by atoms with E-state index in [1.54, 1.807) is 6.07 Å². The molecule has 7 heteroatoms. The molecule has 0 spiro atoms. The highest BCUT2D eigenvalue weighted by Gasteiger charge is 2.31. The molecular formula is C14H19ClN4O2. The van der Waals surface area contributed by atoms with E-state index in [-0.39, 0.29) is 11.7 Å². The Morgan fingerprint density at radius 2 is 2.14 bits per heavy atom. The van der Waals surface area contributed by atoms with Gasteiger partial charge < -0.3 is 15.4 Å². The molecule has 1 amide bonds. The van der Waals surface area contributed by atoms with Crippen LogP contribution in [0.25, 0.3) is 0 Å². The van der Waals surface area contributed by atoms with Crippen LogP contribution in [0.15, 0.2) is 12.3 Å². The molecule has 0 saturated carbocycles. The monoisotopic (exact) mass is 310 g/mol. The minimum Gasteiger partial charge on any atom is -0.382 e. The summed E-state index contributed by atoms with van der Waals surface area (Å²) in [6.45, 7) is 4.97. The van der Waals surface area contributed by atoms with Crippen molar-refractivity contribution in [2.75, 3.05) is 45.1 Å². The molecule has 2 fully saturated rings. The van der Waals surface area contributed by atoms with E-state index in [1.807, 2.05) is 4.90 Å². The summed E-state index contributed by atoms with van der Waals surface area (Å²) in [6.07, 6.45) is 2.49. The summed E-state index contributed by atoms with van der Waals surface area (Å²) in [7, 11) is 0. The van der Waals surface area contributed by atoms with Crippen molar-refractivity contribution in [3.8, 4) is 0 Å². The minimum atomic E-state index is -0.0276. The number of rotatable bonds is 2. The number of hydrogen-bond acceptors (Lipinski definition) is 5. The third-order valence-corrected chi connectivity index (χ3v) is 4.43. The number of hydrogen-bond donors (Lipinski definition) is 1. The van der Waals surface area contributed by atoms with Crippen LogP contribution in [0.4, 0.5) is 5.82 Å². The van der Waals surface area contributed by atoms with Gasteiger partial charge in [-0.2, -0.15) is 0 Å². The number of ether oxygens (including phenoxy) is 1. The van der Waals surface area contributed by atoms with Crippen molar-refractivity contribution in [3.63, 3.8) is 0 Å². The second kappa shape index (κ2) is 6.17. The van der Waals surface area contributed by atoms with Crippen molar-refractivity contribution in [1.82, 2.24) is 14.8 Å². The number of anilines is 1. The fourth-order valence-electron chi connectivity index (χ4n) is 2.91. The molecule has 2 saturated heterocycles. The Balaban J connectivity index is 1.64. The third kappa shape index (κ3) is 3.12. The summed E-state index contributed by atoms with van der Waals surface area (Å²) in [5.74, 6) is 0.223. The maximum absolute atomic E-state index is 12.5. The van der Waals surface area contributed by atoms with Crippen LogP contribution in [0.2, 0.25) is 5.02 Å². The second-order valence-corrected chi connectivity index (χ2v) is 5.84. The minimum absolute atomic E-state index is 0.0276. The van der Waals surface area contributed by atoms with Gasteiger partial charge >= 0.3 is 0 Å². The van der Waals surface area contributed by atoms with E-state index in [9.17, 15) is 4.79 Å². The SMILES string of the molecule is Nc1ncc(C(=O)N2CCC(N3CCOCC3)C2)cc1Cl. The lowest BCUT2D eigenvalue weighted by molar-refractivity contribution is 0.0185. The first-order valence-electron chi connectivity index (χ1n) is 7.17. The van der Waals surface area contributed by atoms with E-state index in [2.05, 4.69) is 9.88 Å². The van der Waals surface area contributed by atoms with Crippen LogP contribution in [-0.2, 0) is 4.74 Å². The van der Waals surface area contributed by atoms with Gasteiger partial charge in [-0.15, -0.1) is 0 Å². The molecular weight excluding hydrogens is 292 g/mol. The van der Waals surface area contributed by atoms with Crippen LogP contribution >= 0.6 is 11.6 Å².